The normalized spacial score (nSPS) is 11.8. The summed E-state index contributed by atoms with van der Waals surface area (Å²) < 4.78 is 5.14. The fourth-order valence-corrected chi connectivity index (χ4v) is 2.47. The van der Waals surface area contributed by atoms with Crippen molar-refractivity contribution in [3.05, 3.63) is 57.6 Å². The molecule has 0 spiro atoms. The molecule has 2 aromatic rings. The molecular weight excluding hydrogens is 230 g/mol. The maximum absolute atomic E-state index is 11.1. The van der Waals surface area contributed by atoms with Crippen LogP contribution in [0.2, 0.25) is 0 Å². The zero-order valence-corrected chi connectivity index (χ0v) is 9.84. The topological polar surface area (TPSA) is 52.4 Å². The Hall–Kier alpha value is -2.36. The molecular formula is C14H11NO3. The lowest BCUT2D eigenvalue weighted by atomic mass is 10.0. The minimum absolute atomic E-state index is 0.139. The van der Waals surface area contributed by atoms with E-state index in [0.717, 1.165) is 22.3 Å². The van der Waals surface area contributed by atoms with Crippen molar-refractivity contribution in [3.8, 4) is 16.9 Å². The third-order valence-electron chi connectivity index (χ3n) is 3.31. The Morgan fingerprint density at radius 2 is 2.00 bits per heavy atom. The first kappa shape index (κ1) is 10.8. The molecule has 0 heterocycles. The Kier molecular flexibility index (Phi) is 2.30. The quantitative estimate of drug-likeness (QED) is 0.511. The molecule has 1 aliphatic carbocycles. The Labute approximate surface area is 104 Å². The van der Waals surface area contributed by atoms with Crippen molar-refractivity contribution in [1.29, 1.82) is 0 Å². The second-order valence-electron chi connectivity index (χ2n) is 4.26. The SMILES string of the molecule is COc1cc2c(c([N+](=O)[O-])c1)Cc1ccccc1-2. The number of rotatable bonds is 2. The molecule has 0 atom stereocenters. The first-order valence-corrected chi connectivity index (χ1v) is 5.64. The van der Waals surface area contributed by atoms with Gasteiger partial charge in [-0.3, -0.25) is 10.1 Å². The number of ether oxygens (including phenoxy) is 1. The highest BCUT2D eigenvalue weighted by atomic mass is 16.6. The summed E-state index contributed by atoms with van der Waals surface area (Å²) in [5.41, 5.74) is 4.03. The van der Waals surface area contributed by atoms with E-state index >= 15 is 0 Å². The molecule has 0 N–H and O–H groups in total. The Morgan fingerprint density at radius 3 is 2.72 bits per heavy atom. The summed E-state index contributed by atoms with van der Waals surface area (Å²) in [4.78, 5) is 10.8. The van der Waals surface area contributed by atoms with Crippen LogP contribution in [0.4, 0.5) is 5.69 Å². The van der Waals surface area contributed by atoms with Crippen LogP contribution >= 0.6 is 0 Å². The molecule has 0 unspecified atom stereocenters. The Morgan fingerprint density at radius 1 is 1.22 bits per heavy atom. The van der Waals surface area contributed by atoms with Gasteiger partial charge in [-0.1, -0.05) is 24.3 Å². The molecule has 2 aromatic carbocycles. The number of methoxy groups -OCH3 is 1. The van der Waals surface area contributed by atoms with E-state index in [1.165, 1.54) is 13.2 Å². The van der Waals surface area contributed by atoms with Gasteiger partial charge in [0.1, 0.15) is 5.75 Å². The minimum atomic E-state index is -0.340. The second-order valence-corrected chi connectivity index (χ2v) is 4.26. The Bertz CT molecular complexity index is 649. The smallest absolute Gasteiger partial charge is 0.277 e. The monoisotopic (exact) mass is 241 g/mol. The molecule has 0 bridgehead atoms. The van der Waals surface area contributed by atoms with E-state index in [2.05, 4.69) is 0 Å². The summed E-state index contributed by atoms with van der Waals surface area (Å²) >= 11 is 0. The molecule has 4 heteroatoms. The summed E-state index contributed by atoms with van der Waals surface area (Å²) in [7, 11) is 1.52. The lowest BCUT2D eigenvalue weighted by Gasteiger charge is -2.05. The van der Waals surface area contributed by atoms with Crippen LogP contribution in [0.5, 0.6) is 5.75 Å². The molecule has 0 radical (unpaired) electrons. The lowest BCUT2D eigenvalue weighted by Crippen LogP contribution is -1.95. The van der Waals surface area contributed by atoms with Crippen molar-refractivity contribution in [2.45, 2.75) is 6.42 Å². The highest BCUT2D eigenvalue weighted by Gasteiger charge is 2.27. The van der Waals surface area contributed by atoms with E-state index < -0.39 is 0 Å². The van der Waals surface area contributed by atoms with Gasteiger partial charge in [0.15, 0.2) is 0 Å². The number of nitro benzene ring substituents is 1. The predicted molar refractivity (Wildman–Crippen MR) is 67.9 cm³/mol. The van der Waals surface area contributed by atoms with Gasteiger partial charge in [-0.25, -0.2) is 0 Å². The largest absolute Gasteiger partial charge is 0.496 e. The average Bonchev–Trinajstić information content (AvgIpc) is 2.75. The summed E-state index contributed by atoms with van der Waals surface area (Å²) in [5.74, 6) is 0.525. The van der Waals surface area contributed by atoms with Gasteiger partial charge in [-0.15, -0.1) is 0 Å². The summed E-state index contributed by atoms with van der Waals surface area (Å²) in [6.07, 6.45) is 0.617. The van der Waals surface area contributed by atoms with E-state index in [1.807, 2.05) is 30.3 Å². The predicted octanol–water partition coefficient (Wildman–Crippen LogP) is 3.17. The van der Waals surface area contributed by atoms with Crippen LogP contribution in [0.15, 0.2) is 36.4 Å². The van der Waals surface area contributed by atoms with E-state index in [0.29, 0.717) is 12.2 Å². The van der Waals surface area contributed by atoms with Crippen LogP contribution in [-0.2, 0) is 6.42 Å². The zero-order valence-electron chi connectivity index (χ0n) is 9.84. The number of benzene rings is 2. The summed E-state index contributed by atoms with van der Waals surface area (Å²) in [6.45, 7) is 0. The third kappa shape index (κ3) is 1.46. The van der Waals surface area contributed by atoms with Gasteiger partial charge in [0.25, 0.3) is 5.69 Å². The Balaban J connectivity index is 2.29. The van der Waals surface area contributed by atoms with Gasteiger partial charge < -0.3 is 4.74 Å². The molecule has 18 heavy (non-hydrogen) atoms. The number of hydrogen-bond donors (Lipinski definition) is 0. The van der Waals surface area contributed by atoms with Crippen LogP contribution in [0.25, 0.3) is 11.1 Å². The van der Waals surface area contributed by atoms with E-state index in [1.54, 1.807) is 0 Å². The van der Waals surface area contributed by atoms with E-state index in [4.69, 9.17) is 4.74 Å². The van der Waals surface area contributed by atoms with Crippen molar-refractivity contribution >= 4 is 5.69 Å². The van der Waals surface area contributed by atoms with Crippen molar-refractivity contribution in [2.75, 3.05) is 7.11 Å². The van der Waals surface area contributed by atoms with Gasteiger partial charge in [0.2, 0.25) is 0 Å². The number of nitrogens with zero attached hydrogens (tertiary/aromatic N) is 1. The number of hydrogen-bond acceptors (Lipinski definition) is 3. The summed E-state index contributed by atoms with van der Waals surface area (Å²) in [5, 5.41) is 11.1. The van der Waals surface area contributed by atoms with Crippen LogP contribution in [-0.4, -0.2) is 12.0 Å². The van der Waals surface area contributed by atoms with Gasteiger partial charge in [-0.2, -0.15) is 0 Å². The molecule has 90 valence electrons. The first-order valence-electron chi connectivity index (χ1n) is 5.64. The van der Waals surface area contributed by atoms with Crippen molar-refractivity contribution in [2.24, 2.45) is 0 Å². The second kappa shape index (κ2) is 3.84. The van der Waals surface area contributed by atoms with Crippen molar-refractivity contribution < 1.29 is 9.66 Å². The maximum atomic E-state index is 11.1. The van der Waals surface area contributed by atoms with Gasteiger partial charge in [-0.05, 0) is 22.8 Å². The van der Waals surface area contributed by atoms with Crippen LogP contribution in [0.3, 0.4) is 0 Å². The molecule has 0 fully saturated rings. The molecule has 0 saturated carbocycles. The average molecular weight is 241 g/mol. The molecule has 1 aliphatic rings. The highest BCUT2D eigenvalue weighted by Crippen LogP contribution is 2.43. The van der Waals surface area contributed by atoms with Crippen LogP contribution in [0, 0.1) is 10.1 Å². The number of fused-ring (bicyclic) bond motifs is 3. The van der Waals surface area contributed by atoms with E-state index in [9.17, 15) is 10.1 Å². The summed E-state index contributed by atoms with van der Waals surface area (Å²) in [6, 6.07) is 11.3. The van der Waals surface area contributed by atoms with Gasteiger partial charge >= 0.3 is 0 Å². The van der Waals surface area contributed by atoms with Crippen molar-refractivity contribution in [3.63, 3.8) is 0 Å². The third-order valence-corrected chi connectivity index (χ3v) is 3.31. The molecule has 0 aliphatic heterocycles. The first-order chi connectivity index (χ1) is 8.70. The van der Waals surface area contributed by atoms with Crippen molar-refractivity contribution in [1.82, 2.24) is 0 Å². The minimum Gasteiger partial charge on any atom is -0.496 e. The standard InChI is InChI=1S/C14H11NO3/c1-18-10-7-12-11-5-3-2-4-9(11)6-13(12)14(8-10)15(16)17/h2-5,7-8H,6H2,1H3. The van der Waals surface area contributed by atoms with Gasteiger partial charge in [0, 0.05) is 12.0 Å². The van der Waals surface area contributed by atoms with Crippen LogP contribution < -0.4 is 4.74 Å². The fraction of sp³-hybridized carbons (Fsp3) is 0.143. The van der Waals surface area contributed by atoms with E-state index in [-0.39, 0.29) is 10.6 Å². The molecule has 4 nitrogen and oxygen atoms in total. The molecule has 0 aromatic heterocycles. The van der Waals surface area contributed by atoms with Gasteiger partial charge in [0.05, 0.1) is 18.1 Å². The molecule has 0 saturated heterocycles. The number of nitro groups is 1. The highest BCUT2D eigenvalue weighted by molar-refractivity contribution is 5.81. The van der Waals surface area contributed by atoms with Crippen LogP contribution in [0.1, 0.15) is 11.1 Å². The lowest BCUT2D eigenvalue weighted by molar-refractivity contribution is -0.385. The zero-order chi connectivity index (χ0) is 12.7. The maximum Gasteiger partial charge on any atom is 0.277 e. The molecule has 0 amide bonds. The fourth-order valence-electron chi connectivity index (χ4n) is 2.47. The molecule has 3 rings (SSSR count).